The molecule has 0 aliphatic carbocycles. The molecule has 0 fully saturated rings. The van der Waals surface area contributed by atoms with Gasteiger partial charge in [0.1, 0.15) is 16.4 Å². The Bertz CT molecular complexity index is 586. The molecule has 1 rings (SSSR count). The zero-order valence-electron chi connectivity index (χ0n) is 14.3. The Morgan fingerprint density at radius 2 is 1.65 bits per heavy atom. The zero-order valence-corrected chi connectivity index (χ0v) is 15.2. The Kier molecular flexibility index (Phi) is 8.36. The standard InChI is InChI=1S/C16H27NO5S/c1-5-20-10-8-9-17-23(18,19)16-12-14(21-6-2)13(4)11-15(16)22-7-3/h11-12,17H,5-10H2,1-4H3. The van der Waals surface area contributed by atoms with Crippen LogP contribution in [0, 0.1) is 6.92 Å². The van der Waals surface area contributed by atoms with E-state index in [1.165, 1.54) is 6.07 Å². The number of sulfonamides is 1. The van der Waals surface area contributed by atoms with Crippen LogP contribution in [0.5, 0.6) is 11.5 Å². The Morgan fingerprint density at radius 1 is 1.00 bits per heavy atom. The number of benzene rings is 1. The summed E-state index contributed by atoms with van der Waals surface area (Å²) in [6.45, 7) is 9.75. The van der Waals surface area contributed by atoms with Crippen LogP contribution in [0.2, 0.25) is 0 Å². The minimum atomic E-state index is -3.67. The van der Waals surface area contributed by atoms with Crippen LogP contribution in [0.15, 0.2) is 17.0 Å². The van der Waals surface area contributed by atoms with Gasteiger partial charge in [0.25, 0.3) is 0 Å². The topological polar surface area (TPSA) is 73.9 Å². The smallest absolute Gasteiger partial charge is 0.244 e. The van der Waals surface area contributed by atoms with E-state index in [0.29, 0.717) is 50.9 Å². The molecule has 0 radical (unpaired) electrons. The molecule has 0 saturated carbocycles. The molecule has 0 aliphatic heterocycles. The maximum atomic E-state index is 12.5. The molecule has 0 bridgehead atoms. The van der Waals surface area contributed by atoms with Crippen molar-refractivity contribution in [2.45, 2.75) is 39.0 Å². The van der Waals surface area contributed by atoms with Crippen molar-refractivity contribution in [2.75, 3.05) is 33.0 Å². The summed E-state index contributed by atoms with van der Waals surface area (Å²) in [4.78, 5) is 0.102. The number of hydrogen-bond donors (Lipinski definition) is 1. The van der Waals surface area contributed by atoms with Gasteiger partial charge in [0.15, 0.2) is 0 Å². The lowest BCUT2D eigenvalue weighted by molar-refractivity contribution is 0.146. The molecule has 1 aromatic rings. The lowest BCUT2D eigenvalue weighted by Gasteiger charge is -2.15. The molecule has 0 aromatic heterocycles. The Labute approximate surface area is 139 Å². The molecular formula is C16H27NO5S. The van der Waals surface area contributed by atoms with E-state index in [4.69, 9.17) is 14.2 Å². The van der Waals surface area contributed by atoms with Gasteiger partial charge in [-0.05, 0) is 45.7 Å². The van der Waals surface area contributed by atoms with Gasteiger partial charge in [-0.2, -0.15) is 0 Å². The predicted octanol–water partition coefficient (Wildman–Crippen LogP) is 2.50. The molecule has 0 saturated heterocycles. The molecule has 0 amide bonds. The Balaban J connectivity index is 2.99. The summed E-state index contributed by atoms with van der Waals surface area (Å²) >= 11 is 0. The third kappa shape index (κ3) is 6.01. The van der Waals surface area contributed by atoms with Crippen LogP contribution in [0.25, 0.3) is 0 Å². The molecular weight excluding hydrogens is 318 g/mol. The fraction of sp³-hybridized carbons (Fsp3) is 0.625. The minimum Gasteiger partial charge on any atom is -0.494 e. The van der Waals surface area contributed by atoms with Crippen LogP contribution in [0.1, 0.15) is 32.8 Å². The van der Waals surface area contributed by atoms with Crippen LogP contribution in [-0.2, 0) is 14.8 Å². The lowest BCUT2D eigenvalue weighted by atomic mass is 10.2. The van der Waals surface area contributed by atoms with Crippen molar-refractivity contribution in [1.82, 2.24) is 4.72 Å². The largest absolute Gasteiger partial charge is 0.494 e. The van der Waals surface area contributed by atoms with E-state index in [1.807, 2.05) is 27.7 Å². The number of hydrogen-bond acceptors (Lipinski definition) is 5. The zero-order chi connectivity index (χ0) is 17.3. The molecule has 23 heavy (non-hydrogen) atoms. The molecule has 0 spiro atoms. The average molecular weight is 345 g/mol. The summed E-state index contributed by atoms with van der Waals surface area (Å²) in [5.74, 6) is 0.886. The van der Waals surface area contributed by atoms with Gasteiger partial charge in [-0.3, -0.25) is 0 Å². The highest BCUT2D eigenvalue weighted by molar-refractivity contribution is 7.89. The van der Waals surface area contributed by atoms with E-state index >= 15 is 0 Å². The molecule has 6 nitrogen and oxygen atoms in total. The van der Waals surface area contributed by atoms with Crippen LogP contribution in [-0.4, -0.2) is 41.4 Å². The normalized spacial score (nSPS) is 11.5. The first-order chi connectivity index (χ1) is 11.0. The minimum absolute atomic E-state index is 0.102. The van der Waals surface area contributed by atoms with Gasteiger partial charge >= 0.3 is 0 Å². The Morgan fingerprint density at radius 3 is 2.26 bits per heavy atom. The molecule has 0 heterocycles. The van der Waals surface area contributed by atoms with Crippen molar-refractivity contribution < 1.29 is 22.6 Å². The number of aryl methyl sites for hydroxylation is 1. The van der Waals surface area contributed by atoms with Crippen LogP contribution < -0.4 is 14.2 Å². The van der Waals surface area contributed by atoms with Crippen molar-refractivity contribution in [3.8, 4) is 11.5 Å². The second-order valence-electron chi connectivity index (χ2n) is 4.88. The van der Waals surface area contributed by atoms with Gasteiger partial charge in [-0.25, -0.2) is 13.1 Å². The van der Waals surface area contributed by atoms with Gasteiger partial charge in [0, 0.05) is 25.8 Å². The number of rotatable bonds is 11. The first-order valence-electron chi connectivity index (χ1n) is 7.93. The predicted molar refractivity (Wildman–Crippen MR) is 89.8 cm³/mol. The van der Waals surface area contributed by atoms with E-state index in [9.17, 15) is 8.42 Å². The fourth-order valence-electron chi connectivity index (χ4n) is 2.04. The highest BCUT2D eigenvalue weighted by atomic mass is 32.2. The second-order valence-corrected chi connectivity index (χ2v) is 6.61. The van der Waals surface area contributed by atoms with E-state index in [-0.39, 0.29) is 4.90 Å². The van der Waals surface area contributed by atoms with Crippen LogP contribution in [0.3, 0.4) is 0 Å². The SMILES string of the molecule is CCOCCCNS(=O)(=O)c1cc(OCC)c(C)cc1OCC. The molecule has 1 N–H and O–H groups in total. The first kappa shape index (κ1) is 19.7. The highest BCUT2D eigenvalue weighted by Crippen LogP contribution is 2.32. The van der Waals surface area contributed by atoms with E-state index in [1.54, 1.807) is 6.07 Å². The highest BCUT2D eigenvalue weighted by Gasteiger charge is 2.21. The quantitative estimate of drug-likeness (QED) is 0.624. The fourth-order valence-corrected chi connectivity index (χ4v) is 3.25. The van der Waals surface area contributed by atoms with Gasteiger partial charge in [-0.15, -0.1) is 0 Å². The lowest BCUT2D eigenvalue weighted by Crippen LogP contribution is -2.26. The number of ether oxygens (including phenoxy) is 3. The molecule has 7 heteroatoms. The van der Waals surface area contributed by atoms with Gasteiger partial charge in [0.2, 0.25) is 10.0 Å². The number of nitrogens with one attached hydrogen (secondary N) is 1. The second kappa shape index (κ2) is 9.75. The summed E-state index contributed by atoms with van der Waals surface area (Å²) in [7, 11) is -3.67. The van der Waals surface area contributed by atoms with Crippen molar-refractivity contribution in [2.24, 2.45) is 0 Å². The third-order valence-corrected chi connectivity index (χ3v) is 4.57. The van der Waals surface area contributed by atoms with Gasteiger partial charge in [0.05, 0.1) is 13.2 Å². The summed E-state index contributed by atoms with van der Waals surface area (Å²) in [6, 6.07) is 3.22. The van der Waals surface area contributed by atoms with E-state index < -0.39 is 10.0 Å². The van der Waals surface area contributed by atoms with Crippen LogP contribution in [0.4, 0.5) is 0 Å². The molecule has 132 valence electrons. The molecule has 1 aromatic carbocycles. The van der Waals surface area contributed by atoms with Gasteiger partial charge < -0.3 is 14.2 Å². The van der Waals surface area contributed by atoms with Crippen molar-refractivity contribution in [1.29, 1.82) is 0 Å². The monoisotopic (exact) mass is 345 g/mol. The van der Waals surface area contributed by atoms with Gasteiger partial charge in [-0.1, -0.05) is 0 Å². The van der Waals surface area contributed by atoms with E-state index in [2.05, 4.69) is 4.72 Å². The molecule has 0 atom stereocenters. The van der Waals surface area contributed by atoms with Crippen molar-refractivity contribution in [3.05, 3.63) is 17.7 Å². The maximum Gasteiger partial charge on any atom is 0.244 e. The van der Waals surface area contributed by atoms with Crippen molar-refractivity contribution in [3.63, 3.8) is 0 Å². The maximum absolute atomic E-state index is 12.5. The average Bonchev–Trinajstić information content (AvgIpc) is 2.50. The van der Waals surface area contributed by atoms with Crippen LogP contribution >= 0.6 is 0 Å². The summed E-state index contributed by atoms with van der Waals surface area (Å²) in [5.41, 5.74) is 0.839. The molecule has 0 aliphatic rings. The third-order valence-electron chi connectivity index (χ3n) is 3.09. The summed E-state index contributed by atoms with van der Waals surface area (Å²) in [6.07, 6.45) is 0.612. The van der Waals surface area contributed by atoms with E-state index in [0.717, 1.165) is 5.56 Å². The van der Waals surface area contributed by atoms with Crippen molar-refractivity contribution >= 4 is 10.0 Å². The summed E-state index contributed by atoms with van der Waals surface area (Å²) < 4.78 is 43.8. The molecule has 0 unspecified atom stereocenters. The summed E-state index contributed by atoms with van der Waals surface area (Å²) in [5, 5.41) is 0. The first-order valence-corrected chi connectivity index (χ1v) is 9.42. The Hall–Kier alpha value is -1.31.